The summed E-state index contributed by atoms with van der Waals surface area (Å²) in [5.74, 6) is 1.52. The van der Waals surface area contributed by atoms with Crippen LogP contribution in [0.1, 0.15) is 33.1 Å². The fourth-order valence-electron chi connectivity index (χ4n) is 1.66. The summed E-state index contributed by atoms with van der Waals surface area (Å²) in [6.07, 6.45) is 3.20. The van der Waals surface area contributed by atoms with Crippen LogP contribution in [0.3, 0.4) is 0 Å². The van der Waals surface area contributed by atoms with Gasteiger partial charge in [0.15, 0.2) is 5.96 Å². The van der Waals surface area contributed by atoms with E-state index in [1.165, 1.54) is 0 Å². The zero-order chi connectivity index (χ0) is 16.5. The van der Waals surface area contributed by atoms with E-state index in [0.717, 1.165) is 51.5 Å². The van der Waals surface area contributed by atoms with Crippen LogP contribution in [0.15, 0.2) is 4.99 Å². The van der Waals surface area contributed by atoms with E-state index in [1.54, 1.807) is 14.2 Å². The number of guanidine groups is 1. The SMILES string of the molecule is CN=C(NCCCCOCCOC)NCCOCCC(C)C. The van der Waals surface area contributed by atoms with E-state index in [2.05, 4.69) is 29.5 Å². The molecule has 0 bridgehead atoms. The van der Waals surface area contributed by atoms with Crippen molar-refractivity contribution in [3.63, 3.8) is 0 Å². The van der Waals surface area contributed by atoms with E-state index in [-0.39, 0.29) is 0 Å². The second-order valence-electron chi connectivity index (χ2n) is 5.53. The number of hydrogen-bond acceptors (Lipinski definition) is 4. The Morgan fingerprint density at radius 1 is 0.909 bits per heavy atom. The molecule has 6 nitrogen and oxygen atoms in total. The molecule has 0 atom stereocenters. The number of nitrogens with one attached hydrogen (secondary N) is 2. The quantitative estimate of drug-likeness (QED) is 0.290. The highest BCUT2D eigenvalue weighted by atomic mass is 16.5. The van der Waals surface area contributed by atoms with Crippen molar-refractivity contribution in [2.24, 2.45) is 10.9 Å². The van der Waals surface area contributed by atoms with Crippen molar-refractivity contribution in [3.05, 3.63) is 0 Å². The molecule has 132 valence electrons. The summed E-state index contributed by atoms with van der Waals surface area (Å²) >= 11 is 0. The smallest absolute Gasteiger partial charge is 0.191 e. The van der Waals surface area contributed by atoms with Gasteiger partial charge in [0.1, 0.15) is 0 Å². The lowest BCUT2D eigenvalue weighted by Gasteiger charge is -2.12. The maximum Gasteiger partial charge on any atom is 0.191 e. The highest BCUT2D eigenvalue weighted by Gasteiger charge is 1.98. The van der Waals surface area contributed by atoms with Crippen molar-refractivity contribution in [1.29, 1.82) is 0 Å². The molecule has 6 heteroatoms. The maximum absolute atomic E-state index is 5.56. The molecule has 0 aliphatic heterocycles. The molecule has 2 N–H and O–H groups in total. The van der Waals surface area contributed by atoms with Crippen LogP contribution in [0.2, 0.25) is 0 Å². The van der Waals surface area contributed by atoms with Gasteiger partial charge in [-0.05, 0) is 25.2 Å². The van der Waals surface area contributed by atoms with E-state index in [1.807, 2.05) is 0 Å². The minimum Gasteiger partial charge on any atom is -0.382 e. The fraction of sp³-hybridized carbons (Fsp3) is 0.938. The molecule has 0 fully saturated rings. The van der Waals surface area contributed by atoms with Crippen LogP contribution in [-0.4, -0.2) is 66.2 Å². The Hall–Kier alpha value is -0.850. The number of unbranched alkanes of at least 4 members (excludes halogenated alkanes) is 1. The molecule has 0 aliphatic rings. The zero-order valence-electron chi connectivity index (χ0n) is 14.8. The molecule has 0 aromatic heterocycles. The summed E-state index contributed by atoms with van der Waals surface area (Å²) in [7, 11) is 3.46. The van der Waals surface area contributed by atoms with Crippen LogP contribution in [-0.2, 0) is 14.2 Å². The van der Waals surface area contributed by atoms with Crippen molar-refractivity contribution >= 4 is 5.96 Å². The summed E-state index contributed by atoms with van der Waals surface area (Å²) < 4.78 is 15.9. The molecule has 0 saturated carbocycles. The third-order valence-corrected chi connectivity index (χ3v) is 3.04. The molecule has 0 rings (SSSR count). The Balaban J connectivity index is 3.37. The monoisotopic (exact) mass is 317 g/mol. The molecular weight excluding hydrogens is 282 g/mol. The van der Waals surface area contributed by atoms with Crippen molar-refractivity contribution < 1.29 is 14.2 Å². The average molecular weight is 317 g/mol. The third-order valence-electron chi connectivity index (χ3n) is 3.04. The number of aliphatic imine (C=N–C) groups is 1. The molecule has 0 aliphatic carbocycles. The third kappa shape index (κ3) is 15.5. The minimum absolute atomic E-state index is 0.661. The summed E-state index contributed by atoms with van der Waals surface area (Å²) in [5, 5.41) is 6.53. The first kappa shape index (κ1) is 21.1. The Morgan fingerprint density at radius 2 is 1.64 bits per heavy atom. The standard InChI is InChI=1S/C16H35N3O3/c1-15(2)7-11-22-12-9-19-16(17-3)18-8-5-6-10-21-14-13-20-4/h15H,5-14H2,1-4H3,(H2,17,18,19). The van der Waals surface area contributed by atoms with Crippen molar-refractivity contribution in [1.82, 2.24) is 10.6 Å². The van der Waals surface area contributed by atoms with Gasteiger partial charge >= 0.3 is 0 Å². The topological polar surface area (TPSA) is 64.1 Å². The average Bonchev–Trinajstić information content (AvgIpc) is 2.50. The maximum atomic E-state index is 5.56. The van der Waals surface area contributed by atoms with Gasteiger partial charge in [-0.25, -0.2) is 0 Å². The van der Waals surface area contributed by atoms with Gasteiger partial charge in [0.05, 0.1) is 19.8 Å². The van der Waals surface area contributed by atoms with Crippen LogP contribution >= 0.6 is 0 Å². The highest BCUT2D eigenvalue weighted by Crippen LogP contribution is 1.98. The number of hydrogen-bond donors (Lipinski definition) is 2. The van der Waals surface area contributed by atoms with Gasteiger partial charge in [-0.3, -0.25) is 4.99 Å². The second-order valence-corrected chi connectivity index (χ2v) is 5.53. The summed E-state index contributed by atoms with van der Waals surface area (Å²) in [4.78, 5) is 4.18. The van der Waals surface area contributed by atoms with Crippen LogP contribution in [0.5, 0.6) is 0 Å². The van der Waals surface area contributed by atoms with Crippen molar-refractivity contribution in [3.8, 4) is 0 Å². The van der Waals surface area contributed by atoms with Crippen LogP contribution in [0, 0.1) is 5.92 Å². The van der Waals surface area contributed by atoms with E-state index in [9.17, 15) is 0 Å². The van der Waals surface area contributed by atoms with Crippen molar-refractivity contribution in [2.75, 3.05) is 60.3 Å². The molecule has 0 aromatic rings. The van der Waals surface area contributed by atoms with E-state index in [4.69, 9.17) is 14.2 Å². The lowest BCUT2D eigenvalue weighted by Crippen LogP contribution is -2.39. The molecule has 0 aromatic carbocycles. The first-order chi connectivity index (χ1) is 10.7. The second kappa shape index (κ2) is 16.5. The van der Waals surface area contributed by atoms with Crippen LogP contribution in [0.4, 0.5) is 0 Å². The lowest BCUT2D eigenvalue weighted by molar-refractivity contribution is 0.0689. The van der Waals surface area contributed by atoms with E-state index < -0.39 is 0 Å². The molecule has 0 spiro atoms. The number of nitrogens with zero attached hydrogens (tertiary/aromatic N) is 1. The molecule has 0 radical (unpaired) electrons. The van der Waals surface area contributed by atoms with Crippen LogP contribution < -0.4 is 10.6 Å². The summed E-state index contributed by atoms with van der Waals surface area (Å²) in [5.41, 5.74) is 0. The van der Waals surface area contributed by atoms with Gasteiger partial charge in [0.25, 0.3) is 0 Å². The van der Waals surface area contributed by atoms with E-state index >= 15 is 0 Å². The summed E-state index contributed by atoms with van der Waals surface area (Å²) in [6.45, 7) is 9.72. The first-order valence-electron chi connectivity index (χ1n) is 8.29. The largest absolute Gasteiger partial charge is 0.382 e. The van der Waals surface area contributed by atoms with Gasteiger partial charge in [-0.15, -0.1) is 0 Å². The van der Waals surface area contributed by atoms with E-state index in [0.29, 0.717) is 25.7 Å². The van der Waals surface area contributed by atoms with Gasteiger partial charge in [-0.2, -0.15) is 0 Å². The number of ether oxygens (including phenoxy) is 3. The Kier molecular flexibility index (Phi) is 15.9. The first-order valence-corrected chi connectivity index (χ1v) is 8.29. The zero-order valence-corrected chi connectivity index (χ0v) is 14.8. The molecular formula is C16H35N3O3. The lowest BCUT2D eigenvalue weighted by atomic mass is 10.1. The Bertz CT molecular complexity index is 261. The minimum atomic E-state index is 0.661. The molecule has 0 saturated heterocycles. The van der Waals surface area contributed by atoms with Gasteiger partial charge in [-0.1, -0.05) is 13.8 Å². The number of rotatable bonds is 14. The van der Waals surface area contributed by atoms with Crippen LogP contribution in [0.25, 0.3) is 0 Å². The molecule has 22 heavy (non-hydrogen) atoms. The Labute approximate surface area is 136 Å². The molecule has 0 amide bonds. The highest BCUT2D eigenvalue weighted by molar-refractivity contribution is 5.79. The number of methoxy groups -OCH3 is 1. The molecule has 0 unspecified atom stereocenters. The van der Waals surface area contributed by atoms with Gasteiger partial charge in [0, 0.05) is 40.5 Å². The summed E-state index contributed by atoms with van der Waals surface area (Å²) in [6, 6.07) is 0. The van der Waals surface area contributed by atoms with Crippen molar-refractivity contribution in [2.45, 2.75) is 33.1 Å². The normalized spacial score (nSPS) is 12.0. The predicted molar refractivity (Wildman–Crippen MR) is 91.6 cm³/mol. The predicted octanol–water partition coefficient (Wildman–Crippen LogP) is 1.66. The molecule has 0 heterocycles. The Morgan fingerprint density at radius 3 is 2.32 bits per heavy atom. The fourth-order valence-corrected chi connectivity index (χ4v) is 1.66. The van der Waals surface area contributed by atoms with Gasteiger partial charge in [0.2, 0.25) is 0 Å². The van der Waals surface area contributed by atoms with Gasteiger partial charge < -0.3 is 24.8 Å².